The van der Waals surface area contributed by atoms with Gasteiger partial charge < -0.3 is 4.74 Å². The molecule has 7 nitrogen and oxygen atoms in total. The van der Waals surface area contributed by atoms with Crippen LogP contribution in [0.25, 0.3) is 0 Å². The molecule has 1 saturated heterocycles. The van der Waals surface area contributed by atoms with Gasteiger partial charge >= 0.3 is 5.97 Å². The van der Waals surface area contributed by atoms with Crippen molar-refractivity contribution >= 4 is 25.5 Å². The summed E-state index contributed by atoms with van der Waals surface area (Å²) in [5.41, 5.74) is -0.873. The third-order valence-electron chi connectivity index (χ3n) is 6.04. The summed E-state index contributed by atoms with van der Waals surface area (Å²) in [5.74, 6) is 5.84. The third-order valence-corrected chi connectivity index (χ3v) is 7.87. The van der Waals surface area contributed by atoms with Crippen molar-refractivity contribution in [3.63, 3.8) is 0 Å². The molecule has 0 aromatic heterocycles. The lowest BCUT2D eigenvalue weighted by atomic mass is 9.67. The number of hydrogen-bond donors (Lipinski definition) is 0. The summed E-state index contributed by atoms with van der Waals surface area (Å²) < 4.78 is 5.42. The molecule has 1 aromatic carbocycles. The van der Waals surface area contributed by atoms with E-state index in [2.05, 4.69) is 36.4 Å². The average Bonchev–Trinajstić information content (AvgIpc) is 3.07. The van der Waals surface area contributed by atoms with Crippen LogP contribution in [0.3, 0.4) is 0 Å². The summed E-state index contributed by atoms with van der Waals surface area (Å²) in [7, 11) is -1.83. The summed E-state index contributed by atoms with van der Waals surface area (Å²) in [6.45, 7) is 8.69. The molecule has 1 fully saturated rings. The van der Waals surface area contributed by atoms with Crippen molar-refractivity contribution in [1.29, 1.82) is 0 Å². The van der Waals surface area contributed by atoms with Gasteiger partial charge in [-0.1, -0.05) is 55.8 Å². The molecule has 3 rings (SSSR count). The van der Waals surface area contributed by atoms with Gasteiger partial charge in [-0.15, -0.1) is 0 Å². The fourth-order valence-corrected chi connectivity index (χ4v) is 5.57. The number of benzene rings is 1. The molecule has 164 valence electrons. The SMILES string of the molecule is CC(=O)OC(C#CCN1CC[C@@]2(c3ccccc3[N+](=O)[O-])C(=O)C=CC[C@@H]12)[Si](C)(C)C. The molecule has 0 bridgehead atoms. The predicted octanol–water partition coefficient (Wildman–Crippen LogP) is 3.25. The molecule has 1 aliphatic heterocycles. The van der Waals surface area contributed by atoms with E-state index < -0.39 is 24.1 Å². The van der Waals surface area contributed by atoms with E-state index >= 15 is 0 Å². The van der Waals surface area contributed by atoms with E-state index in [1.165, 1.54) is 13.0 Å². The number of para-hydroxylation sites is 1. The highest BCUT2D eigenvalue weighted by atomic mass is 28.3. The zero-order valence-electron chi connectivity index (χ0n) is 18.4. The first-order valence-electron chi connectivity index (χ1n) is 10.4. The number of carbonyl (C=O) groups excluding carboxylic acids is 2. The number of nitro groups is 1. The predicted molar refractivity (Wildman–Crippen MR) is 120 cm³/mol. The summed E-state index contributed by atoms with van der Waals surface area (Å²) in [6, 6.07) is 6.35. The van der Waals surface area contributed by atoms with Crippen molar-refractivity contribution in [2.45, 2.75) is 56.6 Å². The highest BCUT2D eigenvalue weighted by Gasteiger charge is 2.55. The van der Waals surface area contributed by atoms with Crippen LogP contribution < -0.4 is 0 Å². The first-order valence-corrected chi connectivity index (χ1v) is 14.0. The standard InChI is InChI=1S/C23H28N2O5Si/c1-17(26)30-22(31(2,3)4)13-8-15-24-16-14-23(20(24)11-7-12-21(23)27)18-9-5-6-10-19(18)25(28)29/h5-7,9-10,12,20,22H,11,14-16H2,1-4H3/t20-,22?,23+/m1/s1. The second kappa shape index (κ2) is 8.77. The maximum atomic E-state index is 13.1. The Labute approximate surface area is 183 Å². The molecule has 2 aliphatic rings. The van der Waals surface area contributed by atoms with Gasteiger partial charge in [0.25, 0.3) is 5.69 Å². The Morgan fingerprint density at radius 1 is 1.39 bits per heavy atom. The molecule has 1 aliphatic carbocycles. The first kappa shape index (κ1) is 22.9. The lowest BCUT2D eigenvalue weighted by Gasteiger charge is -2.37. The van der Waals surface area contributed by atoms with Gasteiger partial charge in [0, 0.05) is 31.1 Å². The number of nitrogens with zero attached hydrogens (tertiary/aromatic N) is 2. The molecule has 3 atom stereocenters. The van der Waals surface area contributed by atoms with Gasteiger partial charge in [-0.25, -0.2) is 0 Å². The maximum Gasteiger partial charge on any atom is 0.303 e. The molecule has 31 heavy (non-hydrogen) atoms. The van der Waals surface area contributed by atoms with Crippen molar-refractivity contribution in [3.05, 3.63) is 52.1 Å². The van der Waals surface area contributed by atoms with Gasteiger partial charge in [0.05, 0.1) is 16.9 Å². The number of nitro benzene ring substituents is 1. The molecular weight excluding hydrogens is 412 g/mol. The lowest BCUT2D eigenvalue weighted by Crippen LogP contribution is -2.49. The number of rotatable bonds is 5. The number of esters is 1. The van der Waals surface area contributed by atoms with Crippen LogP contribution >= 0.6 is 0 Å². The van der Waals surface area contributed by atoms with Crippen molar-refractivity contribution in [1.82, 2.24) is 4.90 Å². The smallest absolute Gasteiger partial charge is 0.303 e. The number of allylic oxidation sites excluding steroid dienone is 1. The summed E-state index contributed by atoms with van der Waals surface area (Å²) >= 11 is 0. The van der Waals surface area contributed by atoms with Gasteiger partial charge in [0.1, 0.15) is 13.8 Å². The Hall–Kier alpha value is -2.76. The molecule has 0 saturated carbocycles. The van der Waals surface area contributed by atoms with Gasteiger partial charge in [-0.2, -0.15) is 0 Å². The molecule has 1 heterocycles. The number of likely N-dealkylation sites (tertiary alicyclic amines) is 1. The maximum absolute atomic E-state index is 13.1. The molecular formula is C23H28N2O5Si. The van der Waals surface area contributed by atoms with Gasteiger partial charge in [0.15, 0.2) is 5.78 Å². The van der Waals surface area contributed by atoms with Crippen molar-refractivity contribution in [2.24, 2.45) is 0 Å². The van der Waals surface area contributed by atoms with Crippen molar-refractivity contribution in [2.75, 3.05) is 13.1 Å². The second-order valence-corrected chi connectivity index (χ2v) is 14.4. The van der Waals surface area contributed by atoms with Crippen molar-refractivity contribution in [3.8, 4) is 11.8 Å². The van der Waals surface area contributed by atoms with E-state index in [1.807, 2.05) is 6.08 Å². The normalized spacial score (nSPS) is 24.1. The number of fused-ring (bicyclic) bond motifs is 1. The topological polar surface area (TPSA) is 89.8 Å². The van der Waals surface area contributed by atoms with E-state index in [4.69, 9.17) is 4.74 Å². The van der Waals surface area contributed by atoms with Crippen LogP contribution in [0, 0.1) is 22.0 Å². The highest BCUT2D eigenvalue weighted by Crippen LogP contribution is 2.47. The van der Waals surface area contributed by atoms with Crippen LogP contribution in [0.5, 0.6) is 0 Å². The Morgan fingerprint density at radius 2 is 2.10 bits per heavy atom. The largest absolute Gasteiger partial charge is 0.454 e. The Kier molecular flexibility index (Phi) is 6.48. The zero-order valence-corrected chi connectivity index (χ0v) is 19.4. The first-order chi connectivity index (χ1) is 14.6. The van der Waals surface area contributed by atoms with Crippen LogP contribution in [0.15, 0.2) is 36.4 Å². The molecule has 0 amide bonds. The van der Waals surface area contributed by atoms with Gasteiger partial charge in [-0.05, 0) is 18.9 Å². The summed E-state index contributed by atoms with van der Waals surface area (Å²) in [5, 5.41) is 11.7. The number of ketones is 1. The molecule has 1 aromatic rings. The van der Waals surface area contributed by atoms with Gasteiger partial charge in [-0.3, -0.25) is 24.6 Å². The van der Waals surface area contributed by atoms with E-state index in [0.717, 1.165) is 0 Å². The van der Waals surface area contributed by atoms with Gasteiger partial charge in [0.2, 0.25) is 0 Å². The summed E-state index contributed by atoms with van der Waals surface area (Å²) in [4.78, 5) is 38.0. The lowest BCUT2D eigenvalue weighted by molar-refractivity contribution is -0.386. The number of carbonyl (C=O) groups is 2. The minimum absolute atomic E-state index is 0.0160. The van der Waals surface area contributed by atoms with E-state index in [1.54, 1.807) is 24.3 Å². The molecule has 1 unspecified atom stereocenters. The molecule has 0 N–H and O–H groups in total. The van der Waals surface area contributed by atoms with E-state index in [-0.39, 0.29) is 23.5 Å². The summed E-state index contributed by atoms with van der Waals surface area (Å²) in [6.07, 6.45) is 4.54. The van der Waals surface area contributed by atoms with Crippen molar-refractivity contribution < 1.29 is 19.2 Å². The van der Waals surface area contributed by atoms with Crippen LogP contribution in [-0.2, 0) is 19.7 Å². The van der Waals surface area contributed by atoms with Crippen LogP contribution in [0.2, 0.25) is 19.6 Å². The zero-order chi connectivity index (χ0) is 22.8. The van der Waals surface area contributed by atoms with Crippen LogP contribution in [-0.4, -0.2) is 54.5 Å². The minimum atomic E-state index is -1.83. The quantitative estimate of drug-likeness (QED) is 0.230. The molecule has 0 spiro atoms. The second-order valence-electron chi connectivity index (χ2n) is 9.16. The Balaban J connectivity index is 1.91. The minimum Gasteiger partial charge on any atom is -0.454 e. The monoisotopic (exact) mass is 440 g/mol. The highest BCUT2D eigenvalue weighted by molar-refractivity contribution is 6.78. The molecule has 8 heteroatoms. The Bertz CT molecular complexity index is 988. The number of ether oxygens (including phenoxy) is 1. The fourth-order valence-electron chi connectivity index (χ4n) is 4.52. The fraction of sp³-hybridized carbons (Fsp3) is 0.478. The third kappa shape index (κ3) is 4.48. The van der Waals surface area contributed by atoms with E-state index in [0.29, 0.717) is 31.5 Å². The van der Waals surface area contributed by atoms with E-state index in [9.17, 15) is 19.7 Å². The molecule has 0 radical (unpaired) electrons. The Morgan fingerprint density at radius 3 is 2.74 bits per heavy atom. The van der Waals surface area contributed by atoms with Crippen LogP contribution in [0.1, 0.15) is 25.3 Å². The number of hydrogen-bond acceptors (Lipinski definition) is 6. The van der Waals surface area contributed by atoms with Crippen LogP contribution in [0.4, 0.5) is 5.69 Å². The average molecular weight is 441 g/mol.